The number of halogens is 1. The van der Waals surface area contributed by atoms with Crippen LogP contribution in [0.2, 0.25) is 0 Å². The van der Waals surface area contributed by atoms with Crippen LogP contribution in [0.4, 0.5) is 10.1 Å². The summed E-state index contributed by atoms with van der Waals surface area (Å²) in [5.41, 5.74) is 1.09. The predicted octanol–water partition coefficient (Wildman–Crippen LogP) is 2.80. The van der Waals surface area contributed by atoms with E-state index in [0.717, 1.165) is 13.0 Å². The van der Waals surface area contributed by atoms with Gasteiger partial charge >= 0.3 is 0 Å². The number of benzene rings is 1. The van der Waals surface area contributed by atoms with Crippen LogP contribution >= 0.6 is 0 Å². The van der Waals surface area contributed by atoms with E-state index in [-0.39, 0.29) is 17.6 Å². The van der Waals surface area contributed by atoms with Gasteiger partial charge in [-0.1, -0.05) is 5.16 Å². The van der Waals surface area contributed by atoms with E-state index in [1.807, 2.05) is 15.7 Å². The van der Waals surface area contributed by atoms with Crippen molar-refractivity contribution in [3.8, 4) is 11.5 Å². The largest absolute Gasteiger partial charge is 0.369 e. The Morgan fingerprint density at radius 1 is 1.33 bits per heavy atom. The van der Waals surface area contributed by atoms with Gasteiger partial charge < -0.3 is 19.3 Å². The monoisotopic (exact) mass is 412 g/mol. The van der Waals surface area contributed by atoms with Crippen molar-refractivity contribution in [2.24, 2.45) is 5.92 Å². The predicted molar refractivity (Wildman–Crippen MR) is 109 cm³/mol. The molecule has 1 fully saturated rings. The van der Waals surface area contributed by atoms with Crippen LogP contribution in [0.3, 0.4) is 0 Å². The molecule has 0 aliphatic carbocycles. The standard InChI is InChI=1S/C21H25FN6O2/c1-15-25-21(30-26-15)17-3-4-19(18(22)13-17)28-10-5-16(6-11-28)20(29)24-7-2-9-27-12-8-23-14-27/h3-4,8,12-14,16H,2,5-7,9-11H2,1H3,(H,24,29). The topological polar surface area (TPSA) is 89.1 Å². The lowest BCUT2D eigenvalue weighted by atomic mass is 9.95. The Bertz CT molecular complexity index is 979. The van der Waals surface area contributed by atoms with E-state index in [1.54, 1.807) is 31.6 Å². The number of anilines is 1. The number of nitrogens with zero attached hydrogens (tertiary/aromatic N) is 5. The van der Waals surface area contributed by atoms with Gasteiger partial charge in [-0.15, -0.1) is 0 Å². The molecule has 0 spiro atoms. The molecule has 1 saturated heterocycles. The number of piperidine rings is 1. The SMILES string of the molecule is Cc1noc(-c2ccc(N3CCC(C(=O)NCCCn4ccnc4)CC3)c(F)c2)n1. The third kappa shape index (κ3) is 4.67. The van der Waals surface area contributed by atoms with Crippen LogP contribution < -0.4 is 10.2 Å². The van der Waals surface area contributed by atoms with E-state index in [4.69, 9.17) is 4.52 Å². The summed E-state index contributed by atoms with van der Waals surface area (Å²) >= 11 is 0. The number of hydrogen-bond donors (Lipinski definition) is 1. The normalized spacial score (nSPS) is 14.8. The quantitative estimate of drug-likeness (QED) is 0.601. The highest BCUT2D eigenvalue weighted by Gasteiger charge is 2.26. The van der Waals surface area contributed by atoms with E-state index < -0.39 is 0 Å². The van der Waals surface area contributed by atoms with E-state index >= 15 is 0 Å². The average molecular weight is 412 g/mol. The van der Waals surface area contributed by atoms with Crippen LogP contribution in [-0.4, -0.2) is 45.2 Å². The summed E-state index contributed by atoms with van der Waals surface area (Å²) in [5, 5.41) is 6.76. The molecule has 0 saturated carbocycles. The van der Waals surface area contributed by atoms with Crippen LogP contribution in [0.15, 0.2) is 41.4 Å². The Morgan fingerprint density at radius 2 is 2.17 bits per heavy atom. The van der Waals surface area contributed by atoms with Gasteiger partial charge in [-0.25, -0.2) is 9.37 Å². The minimum absolute atomic E-state index is 0.0294. The number of amides is 1. The molecule has 0 atom stereocenters. The van der Waals surface area contributed by atoms with Crippen LogP contribution in [0.5, 0.6) is 0 Å². The Labute approximate surface area is 174 Å². The lowest BCUT2D eigenvalue weighted by Crippen LogP contribution is -2.41. The highest BCUT2D eigenvalue weighted by Crippen LogP contribution is 2.29. The molecule has 1 amide bonds. The summed E-state index contributed by atoms with van der Waals surface area (Å²) in [7, 11) is 0. The number of rotatable bonds is 7. The highest BCUT2D eigenvalue weighted by atomic mass is 19.1. The molecule has 1 aliphatic heterocycles. The van der Waals surface area contributed by atoms with Crippen molar-refractivity contribution >= 4 is 11.6 Å². The third-order valence-electron chi connectivity index (χ3n) is 5.38. The Kier molecular flexibility index (Phi) is 6.06. The molecule has 8 nitrogen and oxygen atoms in total. The van der Waals surface area contributed by atoms with Crippen LogP contribution in [-0.2, 0) is 11.3 Å². The van der Waals surface area contributed by atoms with Crippen molar-refractivity contribution in [2.75, 3.05) is 24.5 Å². The molecule has 0 unspecified atom stereocenters. The molecule has 0 bridgehead atoms. The zero-order valence-electron chi connectivity index (χ0n) is 16.9. The first-order valence-corrected chi connectivity index (χ1v) is 10.2. The summed E-state index contributed by atoms with van der Waals surface area (Å²) < 4.78 is 21.8. The molecule has 2 aromatic heterocycles. The molecule has 158 valence electrons. The number of aryl methyl sites for hydroxylation is 2. The second-order valence-electron chi connectivity index (χ2n) is 7.52. The summed E-state index contributed by atoms with van der Waals surface area (Å²) in [5.74, 6) is 0.546. The van der Waals surface area contributed by atoms with Gasteiger partial charge in [-0.05, 0) is 44.4 Å². The lowest BCUT2D eigenvalue weighted by Gasteiger charge is -2.33. The van der Waals surface area contributed by atoms with Gasteiger partial charge in [0.05, 0.1) is 12.0 Å². The molecular weight excluding hydrogens is 387 g/mol. The number of aromatic nitrogens is 4. The maximum atomic E-state index is 14.7. The Morgan fingerprint density at radius 3 is 2.83 bits per heavy atom. The van der Waals surface area contributed by atoms with Gasteiger partial charge in [0.2, 0.25) is 5.91 Å². The molecule has 1 aliphatic rings. The average Bonchev–Trinajstić information content (AvgIpc) is 3.43. The Balaban J connectivity index is 1.26. The van der Waals surface area contributed by atoms with Crippen molar-refractivity contribution in [3.63, 3.8) is 0 Å². The highest BCUT2D eigenvalue weighted by molar-refractivity contribution is 5.79. The number of imidazole rings is 1. The maximum absolute atomic E-state index is 14.7. The van der Waals surface area contributed by atoms with Gasteiger partial charge in [0.25, 0.3) is 5.89 Å². The van der Waals surface area contributed by atoms with Gasteiger partial charge in [-0.3, -0.25) is 4.79 Å². The fraction of sp³-hybridized carbons (Fsp3) is 0.429. The van der Waals surface area contributed by atoms with Crippen molar-refractivity contribution in [1.82, 2.24) is 25.0 Å². The number of carbonyl (C=O) groups is 1. The summed E-state index contributed by atoms with van der Waals surface area (Å²) in [4.78, 5) is 22.5. The van der Waals surface area contributed by atoms with E-state index in [9.17, 15) is 9.18 Å². The zero-order chi connectivity index (χ0) is 20.9. The molecular formula is C21H25FN6O2. The first kappa shape index (κ1) is 20.1. The number of nitrogens with one attached hydrogen (secondary N) is 1. The van der Waals surface area contributed by atoms with Crippen molar-refractivity contribution in [1.29, 1.82) is 0 Å². The molecule has 4 rings (SSSR count). The first-order valence-electron chi connectivity index (χ1n) is 10.2. The molecule has 30 heavy (non-hydrogen) atoms. The van der Waals surface area contributed by atoms with Crippen molar-refractivity contribution < 1.29 is 13.7 Å². The molecule has 0 radical (unpaired) electrons. The molecule has 3 aromatic rings. The fourth-order valence-electron chi connectivity index (χ4n) is 3.73. The molecule has 3 heterocycles. The second kappa shape index (κ2) is 9.06. The van der Waals surface area contributed by atoms with Crippen LogP contribution in [0.1, 0.15) is 25.1 Å². The van der Waals surface area contributed by atoms with Crippen molar-refractivity contribution in [3.05, 3.63) is 48.6 Å². The number of hydrogen-bond acceptors (Lipinski definition) is 6. The number of carbonyl (C=O) groups excluding carboxylic acids is 1. The smallest absolute Gasteiger partial charge is 0.258 e. The minimum Gasteiger partial charge on any atom is -0.369 e. The van der Waals surface area contributed by atoms with Gasteiger partial charge in [-0.2, -0.15) is 4.98 Å². The summed E-state index contributed by atoms with van der Waals surface area (Å²) in [6.07, 6.45) is 7.69. The molecule has 9 heteroatoms. The van der Waals surface area contributed by atoms with E-state index in [2.05, 4.69) is 20.4 Å². The Hall–Kier alpha value is -3.23. The van der Waals surface area contributed by atoms with Gasteiger partial charge in [0.15, 0.2) is 5.82 Å². The van der Waals surface area contributed by atoms with Gasteiger partial charge in [0, 0.05) is 50.1 Å². The van der Waals surface area contributed by atoms with Crippen LogP contribution in [0.25, 0.3) is 11.5 Å². The third-order valence-corrected chi connectivity index (χ3v) is 5.38. The maximum Gasteiger partial charge on any atom is 0.258 e. The van der Waals surface area contributed by atoms with Crippen molar-refractivity contribution in [2.45, 2.75) is 32.7 Å². The van der Waals surface area contributed by atoms with E-state index in [0.29, 0.717) is 55.4 Å². The van der Waals surface area contributed by atoms with E-state index in [1.165, 1.54) is 6.07 Å². The van der Waals surface area contributed by atoms with Gasteiger partial charge in [0.1, 0.15) is 5.82 Å². The van der Waals surface area contributed by atoms with Crippen LogP contribution in [0, 0.1) is 18.7 Å². The minimum atomic E-state index is -0.328. The molecule has 1 N–H and O–H groups in total. The first-order chi connectivity index (χ1) is 14.6. The lowest BCUT2D eigenvalue weighted by molar-refractivity contribution is -0.125. The second-order valence-corrected chi connectivity index (χ2v) is 7.52. The zero-order valence-corrected chi connectivity index (χ0v) is 16.9. The molecule has 1 aromatic carbocycles. The summed E-state index contributed by atoms with van der Waals surface area (Å²) in [6.45, 7) is 4.48. The summed E-state index contributed by atoms with van der Waals surface area (Å²) in [6, 6.07) is 4.94. The fourth-order valence-corrected chi connectivity index (χ4v) is 3.73.